The van der Waals surface area contributed by atoms with Crippen LogP contribution in [0.4, 0.5) is 0 Å². The summed E-state index contributed by atoms with van der Waals surface area (Å²) >= 11 is 0. The van der Waals surface area contributed by atoms with Gasteiger partial charge in [-0.05, 0) is 80.7 Å². The molecule has 0 spiro atoms. The van der Waals surface area contributed by atoms with Crippen molar-refractivity contribution < 1.29 is 4.79 Å². The summed E-state index contributed by atoms with van der Waals surface area (Å²) in [6.07, 6.45) is 14.6. The second-order valence-corrected chi connectivity index (χ2v) is 7.01. The van der Waals surface area contributed by atoms with E-state index in [9.17, 15) is 4.79 Å². The van der Waals surface area contributed by atoms with Gasteiger partial charge < -0.3 is 0 Å². The Hall–Kier alpha value is -1.63. The van der Waals surface area contributed by atoms with Crippen molar-refractivity contribution in [3.63, 3.8) is 0 Å². The largest absolute Gasteiger partial charge is 0.299 e. The number of hydrogen-bond donors (Lipinski definition) is 0. The van der Waals surface area contributed by atoms with Gasteiger partial charge in [0.25, 0.3) is 0 Å². The van der Waals surface area contributed by atoms with Gasteiger partial charge in [0.2, 0.25) is 0 Å². The molecule has 1 aliphatic rings. The molecule has 0 fully saturated rings. The molecule has 0 heterocycles. The highest BCUT2D eigenvalue weighted by Gasteiger charge is 2.26. The van der Waals surface area contributed by atoms with E-state index >= 15 is 0 Å². The summed E-state index contributed by atoms with van der Waals surface area (Å²) in [7, 11) is 0. The Balaban J connectivity index is 2.96. The summed E-state index contributed by atoms with van der Waals surface area (Å²) in [6, 6.07) is 0. The minimum absolute atomic E-state index is 0.281. The lowest BCUT2D eigenvalue weighted by Gasteiger charge is -2.33. The van der Waals surface area contributed by atoms with Gasteiger partial charge in [-0.15, -0.1) is 0 Å². The predicted octanol–water partition coefficient (Wildman–Crippen LogP) is 6.11. The van der Waals surface area contributed by atoms with E-state index in [0.29, 0.717) is 0 Å². The summed E-state index contributed by atoms with van der Waals surface area (Å²) in [6.45, 7) is 13.2. The summed E-state index contributed by atoms with van der Waals surface area (Å²) in [4.78, 5) is 10.4. The maximum atomic E-state index is 10.4. The van der Waals surface area contributed by atoms with Gasteiger partial charge in [-0.3, -0.25) is 4.79 Å². The lowest BCUT2D eigenvalue weighted by atomic mass is 9.72. The number of hydrogen-bond acceptors (Lipinski definition) is 1. The molecule has 0 aliphatic heterocycles. The van der Waals surface area contributed by atoms with Gasteiger partial charge in [-0.2, -0.15) is 0 Å². The van der Waals surface area contributed by atoms with Crippen molar-refractivity contribution >= 4 is 6.29 Å². The van der Waals surface area contributed by atoms with Gasteiger partial charge in [0.15, 0.2) is 0 Å². The molecule has 22 heavy (non-hydrogen) atoms. The molecule has 0 radical (unpaired) electrons. The molecule has 120 valence electrons. The van der Waals surface area contributed by atoms with E-state index in [4.69, 9.17) is 0 Å². The molecule has 0 bridgehead atoms. The lowest BCUT2D eigenvalue weighted by molar-refractivity contribution is -0.104. The molecule has 1 aliphatic carbocycles. The van der Waals surface area contributed by atoms with Crippen LogP contribution in [0.2, 0.25) is 0 Å². The number of aldehydes is 1. The van der Waals surface area contributed by atoms with Crippen molar-refractivity contribution in [2.45, 2.75) is 60.8 Å². The molecule has 0 saturated heterocycles. The number of rotatable bonds is 5. The van der Waals surface area contributed by atoms with Gasteiger partial charge in [0.1, 0.15) is 6.29 Å². The standard InChI is InChI=1S/C21H30O/c1-16(12-14-22)9-7-10-17(2)19(4)15-20-18(3)11-8-13-21(20,5)6/h7,9-10,12,14-15H,8,11,13H2,1-6H3/b9-7-,16-12+,17-10+,19-15+. The highest BCUT2D eigenvalue weighted by molar-refractivity contribution is 5.67. The van der Waals surface area contributed by atoms with E-state index in [1.165, 1.54) is 41.6 Å². The van der Waals surface area contributed by atoms with Crippen LogP contribution in [0.15, 0.2) is 58.2 Å². The summed E-state index contributed by atoms with van der Waals surface area (Å²) < 4.78 is 0. The second-order valence-electron chi connectivity index (χ2n) is 7.01. The van der Waals surface area contributed by atoms with Gasteiger partial charge >= 0.3 is 0 Å². The third-order valence-electron chi connectivity index (χ3n) is 4.56. The van der Waals surface area contributed by atoms with E-state index in [1.807, 2.05) is 19.1 Å². The van der Waals surface area contributed by atoms with Gasteiger partial charge in [-0.1, -0.05) is 43.7 Å². The van der Waals surface area contributed by atoms with Crippen LogP contribution in [0, 0.1) is 5.41 Å². The molecule has 0 saturated carbocycles. The topological polar surface area (TPSA) is 17.1 Å². The van der Waals surface area contributed by atoms with Crippen LogP contribution < -0.4 is 0 Å². The van der Waals surface area contributed by atoms with E-state index in [1.54, 1.807) is 6.08 Å². The van der Waals surface area contributed by atoms with Gasteiger partial charge in [0, 0.05) is 0 Å². The zero-order chi connectivity index (χ0) is 16.8. The predicted molar refractivity (Wildman–Crippen MR) is 96.8 cm³/mol. The monoisotopic (exact) mass is 298 g/mol. The molecule has 0 amide bonds. The first kappa shape index (κ1) is 18.4. The molecular formula is C21H30O. The second kappa shape index (κ2) is 8.12. The average Bonchev–Trinajstić information content (AvgIpc) is 2.42. The fourth-order valence-electron chi connectivity index (χ4n) is 2.93. The van der Waals surface area contributed by atoms with Gasteiger partial charge in [-0.25, -0.2) is 0 Å². The molecular weight excluding hydrogens is 268 g/mol. The third-order valence-corrected chi connectivity index (χ3v) is 4.56. The first-order valence-corrected chi connectivity index (χ1v) is 8.14. The molecule has 1 nitrogen and oxygen atoms in total. The van der Waals surface area contributed by atoms with Crippen LogP contribution in [0.3, 0.4) is 0 Å². The smallest absolute Gasteiger partial charge is 0.143 e. The normalized spacial score (nSPS) is 20.7. The Bertz CT molecular complexity index is 563. The van der Waals surface area contributed by atoms with Crippen LogP contribution in [0.1, 0.15) is 60.8 Å². The van der Waals surface area contributed by atoms with Crippen LogP contribution in [-0.4, -0.2) is 6.29 Å². The molecule has 0 atom stereocenters. The minimum atomic E-state index is 0.281. The zero-order valence-corrected chi connectivity index (χ0v) is 15.0. The van der Waals surface area contributed by atoms with E-state index in [2.05, 4.69) is 46.8 Å². The lowest BCUT2D eigenvalue weighted by Crippen LogP contribution is -2.19. The maximum Gasteiger partial charge on any atom is 0.143 e. The molecule has 0 aromatic carbocycles. The quantitative estimate of drug-likeness (QED) is 0.340. The third kappa shape index (κ3) is 5.29. The number of allylic oxidation sites excluding steroid dienone is 10. The van der Waals surface area contributed by atoms with Gasteiger partial charge in [0.05, 0.1) is 0 Å². The molecule has 1 heteroatoms. The van der Waals surface area contributed by atoms with E-state index < -0.39 is 0 Å². The molecule has 0 aromatic heterocycles. The SMILES string of the molecule is CC1=C(/C=C(C)/C(C)=C/C=C\C(C)=C\C=O)C(C)(C)CCC1. The van der Waals surface area contributed by atoms with Crippen LogP contribution in [-0.2, 0) is 4.79 Å². The summed E-state index contributed by atoms with van der Waals surface area (Å²) in [5.74, 6) is 0. The molecule has 0 aromatic rings. The number of carbonyl (C=O) groups excluding carboxylic acids is 1. The minimum Gasteiger partial charge on any atom is -0.299 e. The van der Waals surface area contributed by atoms with E-state index in [-0.39, 0.29) is 5.41 Å². The van der Waals surface area contributed by atoms with Crippen molar-refractivity contribution in [3.05, 3.63) is 58.2 Å². The Labute approximate surface area is 136 Å². The van der Waals surface area contributed by atoms with Crippen molar-refractivity contribution in [2.75, 3.05) is 0 Å². The molecule has 0 unspecified atom stereocenters. The average molecular weight is 298 g/mol. The highest BCUT2D eigenvalue weighted by atomic mass is 16.1. The fraction of sp³-hybridized carbons (Fsp3) is 0.476. The van der Waals surface area contributed by atoms with Crippen molar-refractivity contribution in [1.29, 1.82) is 0 Å². The highest BCUT2D eigenvalue weighted by Crippen LogP contribution is 2.41. The van der Waals surface area contributed by atoms with E-state index in [0.717, 1.165) is 11.9 Å². The Morgan fingerprint density at radius 2 is 1.77 bits per heavy atom. The van der Waals surface area contributed by atoms with Crippen molar-refractivity contribution in [1.82, 2.24) is 0 Å². The summed E-state index contributed by atoms with van der Waals surface area (Å²) in [5, 5.41) is 0. The Morgan fingerprint density at radius 1 is 1.09 bits per heavy atom. The molecule has 1 rings (SSSR count). The van der Waals surface area contributed by atoms with Crippen LogP contribution in [0.25, 0.3) is 0 Å². The first-order chi connectivity index (χ1) is 10.3. The summed E-state index contributed by atoms with van der Waals surface area (Å²) in [5.41, 5.74) is 6.85. The first-order valence-electron chi connectivity index (χ1n) is 8.14. The van der Waals surface area contributed by atoms with Crippen LogP contribution >= 0.6 is 0 Å². The molecule has 0 N–H and O–H groups in total. The van der Waals surface area contributed by atoms with Crippen LogP contribution in [0.5, 0.6) is 0 Å². The zero-order valence-electron chi connectivity index (χ0n) is 15.0. The number of carbonyl (C=O) groups is 1. The Morgan fingerprint density at radius 3 is 2.36 bits per heavy atom. The van der Waals surface area contributed by atoms with Crippen molar-refractivity contribution in [3.8, 4) is 0 Å². The fourth-order valence-corrected chi connectivity index (χ4v) is 2.93. The van der Waals surface area contributed by atoms with Crippen molar-refractivity contribution in [2.24, 2.45) is 5.41 Å². The Kier molecular flexibility index (Phi) is 6.80. The maximum absolute atomic E-state index is 10.4.